The molecule has 2 amide bonds. The van der Waals surface area contributed by atoms with Gasteiger partial charge in [-0.15, -0.1) is 0 Å². The number of carbonyl (C=O) groups is 2. The van der Waals surface area contributed by atoms with Crippen molar-refractivity contribution in [3.63, 3.8) is 0 Å². The Bertz CT molecular complexity index is 986. The van der Waals surface area contributed by atoms with Crippen LogP contribution in [0.15, 0.2) is 42.5 Å². The van der Waals surface area contributed by atoms with Crippen LogP contribution < -0.4 is 15.4 Å². The van der Waals surface area contributed by atoms with Gasteiger partial charge in [0, 0.05) is 11.6 Å². The molecule has 2 aromatic rings. The molecule has 0 saturated heterocycles. The highest BCUT2D eigenvalue weighted by atomic mass is 35.5. The number of benzene rings is 2. The molecule has 0 radical (unpaired) electrons. The van der Waals surface area contributed by atoms with Gasteiger partial charge >= 0.3 is 0 Å². The van der Waals surface area contributed by atoms with Crippen LogP contribution in [0.25, 0.3) is 0 Å². The summed E-state index contributed by atoms with van der Waals surface area (Å²) in [5.41, 5.74) is 1.27. The number of anilines is 2. The fourth-order valence-corrected chi connectivity index (χ4v) is 6.55. The molecule has 5 nitrogen and oxygen atoms in total. The van der Waals surface area contributed by atoms with E-state index in [1.807, 2.05) is 6.07 Å². The average Bonchev–Trinajstić information content (AvgIpc) is 2.75. The van der Waals surface area contributed by atoms with Crippen LogP contribution in [0, 0.1) is 23.2 Å². The number of amides is 2. The van der Waals surface area contributed by atoms with E-state index < -0.39 is 0 Å². The van der Waals surface area contributed by atoms with Gasteiger partial charge in [0.15, 0.2) is 0 Å². The smallest absolute Gasteiger partial charge is 0.255 e. The Kier molecular flexibility index (Phi) is 5.17. The molecule has 31 heavy (non-hydrogen) atoms. The number of nitrogens with one attached hydrogen (secondary N) is 2. The van der Waals surface area contributed by atoms with Crippen molar-refractivity contribution in [2.24, 2.45) is 23.2 Å². The second-order valence-electron chi connectivity index (χ2n) is 9.50. The molecule has 2 aromatic carbocycles. The van der Waals surface area contributed by atoms with Gasteiger partial charge in [-0.25, -0.2) is 0 Å². The monoisotopic (exact) mass is 438 g/mol. The summed E-state index contributed by atoms with van der Waals surface area (Å²) < 4.78 is 5.52. The van der Waals surface area contributed by atoms with Gasteiger partial charge < -0.3 is 15.4 Å². The predicted octanol–water partition coefficient (Wildman–Crippen LogP) is 5.76. The van der Waals surface area contributed by atoms with Crippen LogP contribution in [0.2, 0.25) is 5.02 Å². The Morgan fingerprint density at radius 3 is 2.13 bits per heavy atom. The SMILES string of the molecule is COc1cc(NC(=O)c2ccccc2)c(Cl)cc1NC(=O)C12CC3CC(CC(C3)C1)C2. The van der Waals surface area contributed by atoms with E-state index >= 15 is 0 Å². The van der Waals surface area contributed by atoms with Crippen molar-refractivity contribution in [1.82, 2.24) is 0 Å². The number of rotatable bonds is 5. The van der Waals surface area contributed by atoms with Gasteiger partial charge in [-0.1, -0.05) is 29.8 Å². The van der Waals surface area contributed by atoms with E-state index in [-0.39, 0.29) is 17.2 Å². The number of carbonyl (C=O) groups excluding carboxylic acids is 2. The van der Waals surface area contributed by atoms with Gasteiger partial charge in [-0.2, -0.15) is 0 Å². The Morgan fingerprint density at radius 1 is 0.935 bits per heavy atom. The summed E-state index contributed by atoms with van der Waals surface area (Å²) in [4.78, 5) is 25.9. The molecule has 0 aliphatic heterocycles. The Balaban J connectivity index is 1.36. The molecule has 6 heteroatoms. The molecule has 0 unspecified atom stereocenters. The number of ether oxygens (including phenoxy) is 1. The van der Waals surface area contributed by atoms with Gasteiger partial charge in [0.25, 0.3) is 5.91 Å². The Morgan fingerprint density at radius 2 is 1.55 bits per heavy atom. The van der Waals surface area contributed by atoms with Gasteiger partial charge in [0.1, 0.15) is 5.75 Å². The predicted molar refractivity (Wildman–Crippen MR) is 122 cm³/mol. The van der Waals surface area contributed by atoms with Gasteiger partial charge in [-0.3, -0.25) is 9.59 Å². The number of halogens is 1. The van der Waals surface area contributed by atoms with Crippen molar-refractivity contribution in [2.75, 3.05) is 17.7 Å². The van der Waals surface area contributed by atoms with Crippen LogP contribution in [0.1, 0.15) is 48.9 Å². The molecule has 6 rings (SSSR count). The molecule has 4 saturated carbocycles. The third-order valence-electron chi connectivity index (χ3n) is 7.34. The molecule has 0 spiro atoms. The van der Waals surface area contributed by atoms with E-state index in [2.05, 4.69) is 10.6 Å². The minimum Gasteiger partial charge on any atom is -0.494 e. The summed E-state index contributed by atoms with van der Waals surface area (Å²) in [6, 6.07) is 12.3. The molecule has 0 atom stereocenters. The summed E-state index contributed by atoms with van der Waals surface area (Å²) in [5, 5.41) is 6.29. The van der Waals surface area contributed by atoms with E-state index in [4.69, 9.17) is 16.3 Å². The minimum absolute atomic E-state index is 0.0852. The van der Waals surface area contributed by atoms with E-state index in [0.29, 0.717) is 45.5 Å². The highest BCUT2D eigenvalue weighted by molar-refractivity contribution is 6.34. The summed E-state index contributed by atoms with van der Waals surface area (Å²) >= 11 is 6.47. The Labute approximate surface area is 187 Å². The van der Waals surface area contributed by atoms with Crippen molar-refractivity contribution in [1.29, 1.82) is 0 Å². The molecule has 0 heterocycles. The third kappa shape index (κ3) is 3.80. The first-order chi connectivity index (χ1) is 15.0. The minimum atomic E-state index is -0.258. The molecule has 4 aliphatic carbocycles. The first-order valence-electron chi connectivity index (χ1n) is 11.0. The maximum atomic E-state index is 13.4. The lowest BCUT2D eigenvalue weighted by Crippen LogP contribution is -2.51. The Hall–Kier alpha value is -2.53. The maximum absolute atomic E-state index is 13.4. The zero-order chi connectivity index (χ0) is 21.6. The lowest BCUT2D eigenvalue weighted by atomic mass is 9.49. The van der Waals surface area contributed by atoms with Crippen molar-refractivity contribution in [3.05, 3.63) is 53.1 Å². The van der Waals surface area contributed by atoms with Crippen molar-refractivity contribution >= 4 is 34.8 Å². The number of hydrogen-bond donors (Lipinski definition) is 2. The first kappa shape index (κ1) is 20.4. The molecule has 4 bridgehead atoms. The molecule has 0 aromatic heterocycles. The summed E-state index contributed by atoms with van der Waals surface area (Å²) in [6.07, 6.45) is 6.84. The molecular formula is C25H27ClN2O3. The average molecular weight is 439 g/mol. The highest BCUT2D eigenvalue weighted by Gasteiger charge is 2.54. The molecule has 2 N–H and O–H groups in total. The second-order valence-corrected chi connectivity index (χ2v) is 9.91. The summed E-state index contributed by atoms with van der Waals surface area (Å²) in [6.45, 7) is 0. The third-order valence-corrected chi connectivity index (χ3v) is 7.65. The molecular weight excluding hydrogens is 412 g/mol. The number of hydrogen-bond acceptors (Lipinski definition) is 3. The van der Waals surface area contributed by atoms with E-state index in [1.165, 1.54) is 19.3 Å². The normalized spacial score (nSPS) is 28.3. The van der Waals surface area contributed by atoms with Gasteiger partial charge in [0.2, 0.25) is 5.91 Å². The molecule has 4 aliphatic rings. The maximum Gasteiger partial charge on any atom is 0.255 e. The van der Waals surface area contributed by atoms with Crippen LogP contribution in [0.4, 0.5) is 11.4 Å². The highest BCUT2D eigenvalue weighted by Crippen LogP contribution is 2.60. The van der Waals surface area contributed by atoms with Gasteiger partial charge in [-0.05, 0) is 74.5 Å². The fraction of sp³-hybridized carbons (Fsp3) is 0.440. The van der Waals surface area contributed by atoms with Crippen molar-refractivity contribution in [2.45, 2.75) is 38.5 Å². The lowest BCUT2D eigenvalue weighted by molar-refractivity contribution is -0.140. The van der Waals surface area contributed by atoms with E-state index in [1.54, 1.807) is 43.5 Å². The standard InChI is InChI=1S/C25H27ClN2O3/c1-31-22-11-20(27-23(29)18-5-3-2-4-6-18)19(26)10-21(22)28-24(30)25-12-15-7-16(13-25)9-17(8-15)14-25/h2-6,10-11,15-17H,7-9,12-14H2,1H3,(H,27,29)(H,28,30). The quantitative estimate of drug-likeness (QED) is 0.624. The second kappa shape index (κ2) is 7.86. The molecule has 162 valence electrons. The number of methoxy groups -OCH3 is 1. The van der Waals surface area contributed by atoms with Gasteiger partial charge in [0.05, 0.1) is 28.9 Å². The van der Waals surface area contributed by atoms with E-state index in [9.17, 15) is 9.59 Å². The first-order valence-corrected chi connectivity index (χ1v) is 11.4. The topological polar surface area (TPSA) is 67.4 Å². The van der Waals surface area contributed by atoms with Crippen molar-refractivity contribution in [3.8, 4) is 5.75 Å². The van der Waals surface area contributed by atoms with Crippen LogP contribution in [0.5, 0.6) is 5.75 Å². The van der Waals surface area contributed by atoms with Crippen LogP contribution in [-0.2, 0) is 4.79 Å². The van der Waals surface area contributed by atoms with E-state index in [0.717, 1.165) is 19.3 Å². The van der Waals surface area contributed by atoms with Crippen molar-refractivity contribution < 1.29 is 14.3 Å². The summed E-state index contributed by atoms with van der Waals surface area (Å²) in [5.74, 6) is 2.39. The fourth-order valence-electron chi connectivity index (χ4n) is 6.34. The molecule has 4 fully saturated rings. The van der Waals surface area contributed by atoms with Crippen LogP contribution in [0.3, 0.4) is 0 Å². The lowest BCUT2D eigenvalue weighted by Gasteiger charge is -2.55. The largest absolute Gasteiger partial charge is 0.494 e. The summed E-state index contributed by atoms with van der Waals surface area (Å²) in [7, 11) is 1.55. The zero-order valence-electron chi connectivity index (χ0n) is 17.6. The zero-order valence-corrected chi connectivity index (χ0v) is 18.4. The van der Waals surface area contributed by atoms with Crippen LogP contribution in [-0.4, -0.2) is 18.9 Å². The van der Waals surface area contributed by atoms with Crippen LogP contribution >= 0.6 is 11.6 Å².